The van der Waals surface area contributed by atoms with Gasteiger partial charge in [-0.2, -0.15) is 0 Å². The summed E-state index contributed by atoms with van der Waals surface area (Å²) in [5, 5.41) is 5.95. The Morgan fingerprint density at radius 2 is 2.05 bits per heavy atom. The van der Waals surface area contributed by atoms with Gasteiger partial charge >= 0.3 is 0 Å². The van der Waals surface area contributed by atoms with Crippen molar-refractivity contribution in [3.05, 3.63) is 41.2 Å². The summed E-state index contributed by atoms with van der Waals surface area (Å²) in [7, 11) is -3.33. The third-order valence-corrected chi connectivity index (χ3v) is 4.45. The van der Waals surface area contributed by atoms with E-state index in [-0.39, 0.29) is 5.03 Å². The number of nitrogens with one attached hydrogen (secondary N) is 2. The van der Waals surface area contributed by atoms with Crippen molar-refractivity contribution in [1.82, 2.24) is 15.0 Å². The Kier molecular flexibility index (Phi) is 2.58. The SMILES string of the molecule is CS(=O)(=O)c1cc2c(Nc3ccc4c(c3)=CN=4)ncnc2[nH]1. The van der Waals surface area contributed by atoms with Crippen LogP contribution in [0.2, 0.25) is 0 Å². The second-order valence-electron chi connectivity index (χ2n) is 5.05. The molecule has 0 aliphatic carbocycles. The Hall–Kier alpha value is -2.74. The van der Waals surface area contributed by atoms with Gasteiger partial charge in [-0.1, -0.05) is 0 Å². The predicted molar refractivity (Wildman–Crippen MR) is 82.0 cm³/mol. The average Bonchev–Trinajstić information content (AvgIpc) is 2.87. The lowest BCUT2D eigenvalue weighted by Crippen LogP contribution is -2.30. The highest BCUT2D eigenvalue weighted by Crippen LogP contribution is 2.24. The van der Waals surface area contributed by atoms with Gasteiger partial charge in [-0.15, -0.1) is 0 Å². The maximum Gasteiger partial charge on any atom is 0.190 e. The molecule has 0 bridgehead atoms. The van der Waals surface area contributed by atoms with Gasteiger partial charge in [-0.3, -0.25) is 4.99 Å². The van der Waals surface area contributed by atoms with Gasteiger partial charge in [0.05, 0.1) is 10.7 Å². The molecule has 4 rings (SSSR count). The van der Waals surface area contributed by atoms with Crippen LogP contribution in [0, 0.1) is 0 Å². The molecule has 2 aromatic heterocycles. The molecule has 0 unspecified atom stereocenters. The second-order valence-corrected chi connectivity index (χ2v) is 7.03. The summed E-state index contributed by atoms with van der Waals surface area (Å²) in [5.41, 5.74) is 1.33. The first kappa shape index (κ1) is 13.0. The van der Waals surface area contributed by atoms with Gasteiger partial charge in [0.2, 0.25) is 0 Å². The van der Waals surface area contributed by atoms with E-state index in [2.05, 4.69) is 25.3 Å². The molecule has 22 heavy (non-hydrogen) atoms. The summed E-state index contributed by atoms with van der Waals surface area (Å²) in [4.78, 5) is 15.2. The van der Waals surface area contributed by atoms with Crippen molar-refractivity contribution < 1.29 is 8.42 Å². The van der Waals surface area contributed by atoms with Crippen LogP contribution in [0.15, 0.2) is 40.6 Å². The lowest BCUT2D eigenvalue weighted by atomic mass is 10.2. The largest absolute Gasteiger partial charge is 0.340 e. The fourth-order valence-corrected chi connectivity index (χ4v) is 2.89. The maximum atomic E-state index is 11.6. The van der Waals surface area contributed by atoms with E-state index in [9.17, 15) is 8.42 Å². The summed E-state index contributed by atoms with van der Waals surface area (Å²) >= 11 is 0. The van der Waals surface area contributed by atoms with Gasteiger partial charge < -0.3 is 10.3 Å². The quantitative estimate of drug-likeness (QED) is 0.732. The topological polar surface area (TPSA) is 100 Å². The Morgan fingerprint density at radius 3 is 2.73 bits per heavy atom. The first-order valence-electron chi connectivity index (χ1n) is 6.50. The van der Waals surface area contributed by atoms with Crippen LogP contribution in [0.5, 0.6) is 0 Å². The van der Waals surface area contributed by atoms with Crippen molar-refractivity contribution in [3.63, 3.8) is 0 Å². The predicted octanol–water partition coefficient (Wildman–Crippen LogP) is 0.476. The molecule has 0 saturated carbocycles. The van der Waals surface area contributed by atoms with Gasteiger partial charge in [0.15, 0.2) is 9.84 Å². The first-order valence-corrected chi connectivity index (χ1v) is 8.39. The molecule has 1 aliphatic rings. The Labute approximate surface area is 125 Å². The molecule has 0 radical (unpaired) electrons. The van der Waals surface area contributed by atoms with Crippen LogP contribution in [0.1, 0.15) is 0 Å². The minimum absolute atomic E-state index is 0.121. The summed E-state index contributed by atoms with van der Waals surface area (Å²) in [6, 6.07) is 7.30. The van der Waals surface area contributed by atoms with Crippen molar-refractivity contribution in [3.8, 4) is 0 Å². The van der Waals surface area contributed by atoms with Crippen molar-refractivity contribution in [1.29, 1.82) is 0 Å². The highest BCUT2D eigenvalue weighted by molar-refractivity contribution is 7.90. The number of aromatic nitrogens is 3. The van der Waals surface area contributed by atoms with E-state index in [0.717, 1.165) is 22.5 Å². The number of sulfone groups is 1. The summed E-state index contributed by atoms with van der Waals surface area (Å²) in [6.07, 6.45) is 4.32. The fourth-order valence-electron chi connectivity index (χ4n) is 2.28. The molecule has 1 aromatic carbocycles. The standard InChI is InChI=1S/C14H11N5O2S/c1-22(20,21)12-5-10-13(16-7-17-14(10)19-12)18-9-2-3-11-8(4-9)6-15-11/h2-7H,1H3,(H2,16,17,18,19). The van der Waals surface area contributed by atoms with Gasteiger partial charge in [0.25, 0.3) is 0 Å². The third-order valence-electron chi connectivity index (χ3n) is 3.43. The lowest BCUT2D eigenvalue weighted by molar-refractivity contribution is 0.599. The molecule has 7 nitrogen and oxygen atoms in total. The normalized spacial score (nSPS) is 13.0. The van der Waals surface area contributed by atoms with E-state index in [0.29, 0.717) is 16.9 Å². The van der Waals surface area contributed by atoms with Crippen LogP contribution in [-0.4, -0.2) is 29.6 Å². The molecule has 8 heteroatoms. The Bertz CT molecular complexity index is 1130. The molecule has 2 N–H and O–H groups in total. The Morgan fingerprint density at radius 1 is 1.18 bits per heavy atom. The van der Waals surface area contributed by atoms with Crippen molar-refractivity contribution >= 4 is 38.6 Å². The molecule has 110 valence electrons. The molecule has 3 aromatic rings. The summed E-state index contributed by atoms with van der Waals surface area (Å²) < 4.78 is 23.3. The number of hydrogen-bond acceptors (Lipinski definition) is 6. The number of benzene rings is 1. The third kappa shape index (κ3) is 2.04. The van der Waals surface area contributed by atoms with Crippen molar-refractivity contribution in [2.45, 2.75) is 5.03 Å². The molecular formula is C14H11N5O2S. The van der Waals surface area contributed by atoms with Crippen LogP contribution >= 0.6 is 0 Å². The van der Waals surface area contributed by atoms with Crippen LogP contribution < -0.4 is 15.9 Å². The van der Waals surface area contributed by atoms with Crippen LogP contribution in [0.3, 0.4) is 0 Å². The molecular weight excluding hydrogens is 302 g/mol. The zero-order chi connectivity index (χ0) is 15.3. The fraction of sp³-hybridized carbons (Fsp3) is 0.0714. The Balaban J connectivity index is 1.81. The number of nitrogens with zero attached hydrogens (tertiary/aromatic N) is 3. The number of hydrogen-bond donors (Lipinski definition) is 2. The molecule has 1 aliphatic heterocycles. The van der Waals surface area contributed by atoms with Crippen LogP contribution in [0.25, 0.3) is 17.2 Å². The number of rotatable bonds is 3. The molecule has 0 atom stereocenters. The molecule has 3 heterocycles. The second kappa shape index (κ2) is 4.38. The van der Waals surface area contributed by atoms with E-state index in [1.807, 2.05) is 18.2 Å². The zero-order valence-electron chi connectivity index (χ0n) is 11.5. The number of H-pyrrole nitrogens is 1. The molecule has 0 spiro atoms. The minimum atomic E-state index is -3.33. The van der Waals surface area contributed by atoms with Gasteiger partial charge in [0, 0.05) is 23.4 Å². The van der Waals surface area contributed by atoms with E-state index in [4.69, 9.17) is 0 Å². The highest BCUT2D eigenvalue weighted by Gasteiger charge is 2.14. The number of fused-ring (bicyclic) bond motifs is 2. The van der Waals surface area contributed by atoms with E-state index >= 15 is 0 Å². The van der Waals surface area contributed by atoms with Gasteiger partial charge in [0.1, 0.15) is 22.8 Å². The van der Waals surface area contributed by atoms with E-state index in [1.54, 1.807) is 6.20 Å². The molecule has 0 fully saturated rings. The smallest absolute Gasteiger partial charge is 0.190 e. The monoisotopic (exact) mass is 313 g/mol. The molecule has 0 amide bonds. The summed E-state index contributed by atoms with van der Waals surface area (Å²) in [5.74, 6) is 0.548. The van der Waals surface area contributed by atoms with Crippen LogP contribution in [0.4, 0.5) is 11.5 Å². The van der Waals surface area contributed by atoms with Gasteiger partial charge in [-0.05, 0) is 24.3 Å². The molecule has 0 saturated heterocycles. The van der Waals surface area contributed by atoms with Crippen molar-refractivity contribution in [2.75, 3.05) is 11.6 Å². The number of aromatic amines is 1. The average molecular weight is 313 g/mol. The first-order chi connectivity index (χ1) is 10.5. The zero-order valence-corrected chi connectivity index (χ0v) is 12.3. The maximum absolute atomic E-state index is 11.6. The minimum Gasteiger partial charge on any atom is -0.340 e. The lowest BCUT2D eigenvalue weighted by Gasteiger charge is -2.07. The van der Waals surface area contributed by atoms with Gasteiger partial charge in [-0.25, -0.2) is 18.4 Å². The van der Waals surface area contributed by atoms with Crippen molar-refractivity contribution in [2.24, 2.45) is 4.99 Å². The van der Waals surface area contributed by atoms with Crippen LogP contribution in [-0.2, 0) is 9.84 Å². The van der Waals surface area contributed by atoms with E-state index < -0.39 is 9.84 Å². The summed E-state index contributed by atoms with van der Waals surface area (Å²) in [6.45, 7) is 0. The van der Waals surface area contributed by atoms with E-state index in [1.165, 1.54) is 12.4 Å². The number of anilines is 2. The highest BCUT2D eigenvalue weighted by atomic mass is 32.2.